The Hall–Kier alpha value is -2.09. The molecule has 0 aliphatic carbocycles. The van der Waals surface area contributed by atoms with Gasteiger partial charge in [0.15, 0.2) is 0 Å². The number of rotatable bonds is 4. The predicted octanol–water partition coefficient (Wildman–Crippen LogP) is 0.185. The van der Waals surface area contributed by atoms with Crippen molar-refractivity contribution in [3.63, 3.8) is 0 Å². The highest BCUT2D eigenvalue weighted by Crippen LogP contribution is 2.23. The number of carbonyl (C=O) groups excluding carboxylic acids is 2. The van der Waals surface area contributed by atoms with Crippen LogP contribution < -0.4 is 10.0 Å². The molecule has 0 unspecified atom stereocenters. The fourth-order valence-electron chi connectivity index (χ4n) is 2.26. The lowest BCUT2D eigenvalue weighted by Crippen LogP contribution is -2.55. The number of sulfonamides is 1. The van der Waals surface area contributed by atoms with Gasteiger partial charge in [-0.15, -0.1) is 0 Å². The highest BCUT2D eigenvalue weighted by Gasteiger charge is 2.35. The number of anilines is 1. The molecule has 1 aromatic carbocycles. The molecule has 120 valence electrons. The van der Waals surface area contributed by atoms with Crippen LogP contribution in [-0.2, 0) is 14.8 Å². The number of amides is 2. The second-order valence-electron chi connectivity index (χ2n) is 5.43. The molecule has 2 N–H and O–H groups in total. The molecule has 0 bridgehead atoms. The van der Waals surface area contributed by atoms with Crippen LogP contribution in [0.25, 0.3) is 0 Å². The van der Waals surface area contributed by atoms with Crippen molar-refractivity contribution in [3.05, 3.63) is 29.3 Å². The molecular weight excluding hydrogens is 306 g/mol. The van der Waals surface area contributed by atoms with Crippen molar-refractivity contribution in [2.45, 2.75) is 6.92 Å². The fourth-order valence-corrected chi connectivity index (χ4v) is 2.88. The van der Waals surface area contributed by atoms with E-state index in [2.05, 4.69) is 10.0 Å². The molecule has 0 aromatic heterocycles. The monoisotopic (exact) mass is 325 g/mol. The van der Waals surface area contributed by atoms with E-state index in [-0.39, 0.29) is 17.7 Å². The van der Waals surface area contributed by atoms with E-state index in [4.69, 9.17) is 0 Å². The average molecular weight is 325 g/mol. The van der Waals surface area contributed by atoms with Crippen LogP contribution in [0.4, 0.5) is 5.69 Å². The summed E-state index contributed by atoms with van der Waals surface area (Å²) in [6.07, 6.45) is 1.06. The van der Waals surface area contributed by atoms with Crippen LogP contribution in [0.3, 0.4) is 0 Å². The van der Waals surface area contributed by atoms with Gasteiger partial charge in [-0.2, -0.15) is 0 Å². The van der Waals surface area contributed by atoms with Crippen molar-refractivity contribution < 1.29 is 18.0 Å². The Morgan fingerprint density at radius 3 is 2.45 bits per heavy atom. The summed E-state index contributed by atoms with van der Waals surface area (Å²) in [5, 5.41) is 2.55. The van der Waals surface area contributed by atoms with Crippen molar-refractivity contribution in [2.24, 2.45) is 5.92 Å². The quantitative estimate of drug-likeness (QED) is 0.826. The minimum Gasteiger partial charge on any atom is -0.359 e. The van der Waals surface area contributed by atoms with Gasteiger partial charge in [-0.1, -0.05) is 6.07 Å². The molecule has 22 heavy (non-hydrogen) atoms. The van der Waals surface area contributed by atoms with E-state index in [1.54, 1.807) is 31.0 Å². The molecule has 0 atom stereocenters. The third-order valence-corrected chi connectivity index (χ3v) is 4.16. The Bertz CT molecular complexity index is 709. The fraction of sp³-hybridized carbons (Fsp3) is 0.429. The lowest BCUT2D eigenvalue weighted by molar-refractivity contribution is -0.128. The van der Waals surface area contributed by atoms with Gasteiger partial charge in [0.2, 0.25) is 15.9 Å². The Balaban J connectivity index is 2.12. The lowest BCUT2D eigenvalue weighted by atomic mass is 9.97. The summed E-state index contributed by atoms with van der Waals surface area (Å²) in [7, 11) is -1.84. The average Bonchev–Trinajstić information content (AvgIpc) is 2.37. The molecule has 1 aliphatic heterocycles. The van der Waals surface area contributed by atoms with Crippen LogP contribution in [0.1, 0.15) is 15.9 Å². The molecule has 1 saturated heterocycles. The topological polar surface area (TPSA) is 95.6 Å². The smallest absolute Gasteiger partial charge is 0.253 e. The van der Waals surface area contributed by atoms with Gasteiger partial charge in [-0.25, -0.2) is 8.42 Å². The second-order valence-corrected chi connectivity index (χ2v) is 7.17. The first-order valence-electron chi connectivity index (χ1n) is 6.80. The highest BCUT2D eigenvalue weighted by atomic mass is 32.2. The van der Waals surface area contributed by atoms with Gasteiger partial charge in [-0.3, -0.25) is 14.3 Å². The van der Waals surface area contributed by atoms with Gasteiger partial charge < -0.3 is 10.2 Å². The van der Waals surface area contributed by atoms with E-state index in [9.17, 15) is 18.0 Å². The first-order chi connectivity index (χ1) is 10.2. The highest BCUT2D eigenvalue weighted by molar-refractivity contribution is 7.92. The van der Waals surface area contributed by atoms with Gasteiger partial charge >= 0.3 is 0 Å². The van der Waals surface area contributed by atoms with E-state index in [0.717, 1.165) is 11.8 Å². The van der Waals surface area contributed by atoms with Crippen LogP contribution in [0.2, 0.25) is 0 Å². The van der Waals surface area contributed by atoms with E-state index in [0.29, 0.717) is 24.3 Å². The summed E-state index contributed by atoms with van der Waals surface area (Å²) in [6, 6.07) is 4.86. The van der Waals surface area contributed by atoms with Gasteiger partial charge in [0.25, 0.3) is 5.91 Å². The van der Waals surface area contributed by atoms with Crippen molar-refractivity contribution >= 4 is 27.5 Å². The first kappa shape index (κ1) is 16.3. The molecule has 0 saturated carbocycles. The SMILES string of the molecule is CNC(=O)C1CN(C(=O)c2ccc(C)c(NS(C)(=O)=O)c2)C1. The molecule has 0 radical (unpaired) electrons. The molecule has 0 spiro atoms. The third-order valence-electron chi connectivity index (χ3n) is 3.57. The van der Waals surface area contributed by atoms with Crippen LogP contribution in [0.15, 0.2) is 18.2 Å². The number of hydrogen-bond donors (Lipinski definition) is 2. The van der Waals surface area contributed by atoms with Crippen LogP contribution in [-0.4, -0.2) is 51.5 Å². The maximum Gasteiger partial charge on any atom is 0.253 e. The molecule has 1 aromatic rings. The maximum atomic E-state index is 12.3. The Kier molecular flexibility index (Phi) is 4.41. The Morgan fingerprint density at radius 1 is 1.27 bits per heavy atom. The molecule has 1 aliphatic rings. The summed E-state index contributed by atoms with van der Waals surface area (Å²) in [6.45, 7) is 2.51. The van der Waals surface area contributed by atoms with Crippen molar-refractivity contribution in [2.75, 3.05) is 31.1 Å². The van der Waals surface area contributed by atoms with E-state index < -0.39 is 10.0 Å². The molecule has 1 heterocycles. The van der Waals surface area contributed by atoms with Gasteiger partial charge in [0.1, 0.15) is 0 Å². The summed E-state index contributed by atoms with van der Waals surface area (Å²) in [4.78, 5) is 25.3. The molecule has 7 nitrogen and oxygen atoms in total. The number of nitrogens with one attached hydrogen (secondary N) is 2. The van der Waals surface area contributed by atoms with Crippen molar-refractivity contribution in [1.82, 2.24) is 10.2 Å². The molecule has 8 heteroatoms. The van der Waals surface area contributed by atoms with Gasteiger partial charge in [0.05, 0.1) is 17.9 Å². The van der Waals surface area contributed by atoms with Crippen molar-refractivity contribution in [1.29, 1.82) is 0 Å². The maximum absolute atomic E-state index is 12.3. The number of nitrogens with zero attached hydrogens (tertiary/aromatic N) is 1. The first-order valence-corrected chi connectivity index (χ1v) is 8.69. The standard InChI is InChI=1S/C14H19N3O4S/c1-9-4-5-10(6-12(9)16-22(3,20)21)14(19)17-7-11(8-17)13(18)15-2/h4-6,11,16H,7-8H2,1-3H3,(H,15,18). The zero-order valence-corrected chi connectivity index (χ0v) is 13.5. The van der Waals surface area contributed by atoms with Gasteiger partial charge in [0, 0.05) is 25.7 Å². The summed E-state index contributed by atoms with van der Waals surface area (Å²) in [5.41, 5.74) is 1.51. The number of hydrogen-bond acceptors (Lipinski definition) is 4. The molecule has 1 fully saturated rings. The van der Waals surface area contributed by atoms with Crippen LogP contribution in [0.5, 0.6) is 0 Å². The lowest BCUT2D eigenvalue weighted by Gasteiger charge is -2.38. The number of likely N-dealkylation sites (tertiary alicyclic amines) is 1. The van der Waals surface area contributed by atoms with Gasteiger partial charge in [-0.05, 0) is 24.6 Å². The number of carbonyl (C=O) groups is 2. The third kappa shape index (κ3) is 3.56. The summed E-state index contributed by atoms with van der Waals surface area (Å²) in [5.74, 6) is -0.461. The summed E-state index contributed by atoms with van der Waals surface area (Å²) >= 11 is 0. The molecule has 2 amide bonds. The van der Waals surface area contributed by atoms with Crippen LogP contribution in [0, 0.1) is 12.8 Å². The van der Waals surface area contributed by atoms with E-state index >= 15 is 0 Å². The second kappa shape index (κ2) is 5.96. The predicted molar refractivity (Wildman–Crippen MR) is 83.1 cm³/mol. The zero-order chi connectivity index (χ0) is 16.5. The number of aryl methyl sites for hydroxylation is 1. The summed E-state index contributed by atoms with van der Waals surface area (Å²) < 4.78 is 25.1. The minimum atomic E-state index is -3.41. The minimum absolute atomic E-state index is 0.0765. The van der Waals surface area contributed by atoms with E-state index in [1.165, 1.54) is 6.07 Å². The zero-order valence-electron chi connectivity index (χ0n) is 12.7. The van der Waals surface area contributed by atoms with Crippen molar-refractivity contribution in [3.8, 4) is 0 Å². The molecule has 2 rings (SSSR count). The molecular formula is C14H19N3O4S. The Morgan fingerprint density at radius 2 is 1.91 bits per heavy atom. The Labute approximate surface area is 129 Å². The number of benzene rings is 1. The largest absolute Gasteiger partial charge is 0.359 e. The normalized spacial score (nSPS) is 15.1. The van der Waals surface area contributed by atoms with Crippen LogP contribution >= 0.6 is 0 Å². The van der Waals surface area contributed by atoms with E-state index in [1.807, 2.05) is 0 Å².